The van der Waals surface area contributed by atoms with Crippen molar-refractivity contribution >= 4 is 34.5 Å². The number of nitrogens with zero attached hydrogens (tertiary/aromatic N) is 1. The van der Waals surface area contributed by atoms with E-state index in [2.05, 4.69) is 0 Å². The lowest BCUT2D eigenvalue weighted by Gasteiger charge is -2.23. The number of amides is 1. The van der Waals surface area contributed by atoms with Crippen molar-refractivity contribution in [3.63, 3.8) is 0 Å². The molecule has 0 aliphatic rings. The van der Waals surface area contributed by atoms with Crippen LogP contribution < -0.4 is 4.90 Å². The summed E-state index contributed by atoms with van der Waals surface area (Å²) < 4.78 is 0. The molecular weight excluding hydrogens is 326 g/mol. The van der Waals surface area contributed by atoms with Crippen molar-refractivity contribution in [1.29, 1.82) is 0 Å². The molecule has 0 bridgehead atoms. The van der Waals surface area contributed by atoms with Crippen LogP contribution in [0.2, 0.25) is 5.02 Å². The third-order valence-corrected chi connectivity index (χ3v) is 4.78. The van der Waals surface area contributed by atoms with Crippen LogP contribution in [-0.4, -0.2) is 5.91 Å². The standard InChI is InChI=1S/C19H16ClNOS/c1-14-8-10-15(11-9-14)21(13-16-5-4-12-23-16)19(22)17-6-2-3-7-18(17)20/h2-12H,13H2,1H3. The van der Waals surface area contributed by atoms with Crippen molar-refractivity contribution in [2.24, 2.45) is 0 Å². The van der Waals surface area contributed by atoms with Gasteiger partial charge in [-0.15, -0.1) is 11.3 Å². The molecule has 0 spiro atoms. The van der Waals surface area contributed by atoms with Crippen LogP contribution in [0.5, 0.6) is 0 Å². The van der Waals surface area contributed by atoms with E-state index in [4.69, 9.17) is 11.6 Å². The lowest BCUT2D eigenvalue weighted by atomic mass is 10.1. The molecule has 1 aromatic heterocycles. The summed E-state index contributed by atoms with van der Waals surface area (Å²) in [4.78, 5) is 15.9. The first-order valence-corrected chi connectivity index (χ1v) is 8.56. The van der Waals surface area contributed by atoms with E-state index in [0.717, 1.165) is 16.1 Å². The van der Waals surface area contributed by atoms with E-state index in [1.165, 1.54) is 0 Å². The average Bonchev–Trinajstić information content (AvgIpc) is 3.07. The molecule has 3 rings (SSSR count). The van der Waals surface area contributed by atoms with Crippen molar-refractivity contribution in [3.05, 3.63) is 87.1 Å². The van der Waals surface area contributed by atoms with Gasteiger partial charge in [0.2, 0.25) is 0 Å². The fourth-order valence-electron chi connectivity index (χ4n) is 2.34. The van der Waals surface area contributed by atoms with Gasteiger partial charge in [0, 0.05) is 10.6 Å². The van der Waals surface area contributed by atoms with E-state index in [1.807, 2.05) is 60.8 Å². The zero-order chi connectivity index (χ0) is 16.2. The van der Waals surface area contributed by atoms with Crippen LogP contribution in [0.15, 0.2) is 66.0 Å². The van der Waals surface area contributed by atoms with Crippen molar-refractivity contribution in [2.45, 2.75) is 13.5 Å². The molecule has 0 fully saturated rings. The molecule has 0 unspecified atom stereocenters. The van der Waals surface area contributed by atoms with E-state index in [9.17, 15) is 4.79 Å². The predicted octanol–water partition coefficient (Wildman–Crippen LogP) is 5.56. The molecule has 0 aliphatic heterocycles. The Morgan fingerprint density at radius 1 is 1.04 bits per heavy atom. The number of aryl methyl sites for hydroxylation is 1. The lowest BCUT2D eigenvalue weighted by molar-refractivity contribution is 0.0985. The van der Waals surface area contributed by atoms with Gasteiger partial charge in [0.1, 0.15) is 0 Å². The summed E-state index contributed by atoms with van der Waals surface area (Å²) in [7, 11) is 0. The molecule has 0 saturated heterocycles. The molecule has 2 nitrogen and oxygen atoms in total. The Bertz CT molecular complexity index is 797. The number of carbonyl (C=O) groups excluding carboxylic acids is 1. The van der Waals surface area contributed by atoms with Crippen LogP contribution >= 0.6 is 22.9 Å². The molecule has 3 aromatic rings. The maximum absolute atomic E-state index is 13.0. The number of thiophene rings is 1. The van der Waals surface area contributed by atoms with Crippen molar-refractivity contribution in [2.75, 3.05) is 4.90 Å². The van der Waals surface area contributed by atoms with Crippen LogP contribution in [0, 0.1) is 6.92 Å². The van der Waals surface area contributed by atoms with Crippen LogP contribution in [0.3, 0.4) is 0 Å². The number of anilines is 1. The number of hydrogen-bond donors (Lipinski definition) is 0. The molecule has 1 amide bonds. The highest BCUT2D eigenvalue weighted by atomic mass is 35.5. The van der Waals surface area contributed by atoms with Gasteiger partial charge < -0.3 is 4.90 Å². The van der Waals surface area contributed by atoms with E-state index >= 15 is 0 Å². The molecule has 2 aromatic carbocycles. The van der Waals surface area contributed by atoms with E-state index < -0.39 is 0 Å². The molecule has 1 heterocycles. The summed E-state index contributed by atoms with van der Waals surface area (Å²) in [5.74, 6) is -0.0900. The molecule has 0 N–H and O–H groups in total. The second kappa shape index (κ2) is 6.99. The summed E-state index contributed by atoms with van der Waals surface area (Å²) in [6, 6.07) is 19.2. The van der Waals surface area contributed by atoms with Gasteiger partial charge in [-0.1, -0.05) is 47.5 Å². The van der Waals surface area contributed by atoms with Gasteiger partial charge >= 0.3 is 0 Å². The SMILES string of the molecule is Cc1ccc(N(Cc2cccs2)C(=O)c2ccccc2Cl)cc1. The fraction of sp³-hybridized carbons (Fsp3) is 0.105. The highest BCUT2D eigenvalue weighted by Gasteiger charge is 2.20. The number of hydrogen-bond acceptors (Lipinski definition) is 2. The first kappa shape index (κ1) is 15.8. The van der Waals surface area contributed by atoms with Gasteiger partial charge in [-0.3, -0.25) is 4.79 Å². The zero-order valence-electron chi connectivity index (χ0n) is 12.7. The third-order valence-electron chi connectivity index (χ3n) is 3.59. The van der Waals surface area contributed by atoms with Gasteiger partial charge in [-0.05, 0) is 42.6 Å². The van der Waals surface area contributed by atoms with E-state index in [1.54, 1.807) is 28.4 Å². The van der Waals surface area contributed by atoms with Gasteiger partial charge in [0.05, 0.1) is 17.1 Å². The normalized spacial score (nSPS) is 10.5. The van der Waals surface area contributed by atoms with Crippen molar-refractivity contribution < 1.29 is 4.79 Å². The Morgan fingerprint density at radius 3 is 2.43 bits per heavy atom. The summed E-state index contributed by atoms with van der Waals surface area (Å²) in [6.45, 7) is 2.56. The third kappa shape index (κ3) is 3.63. The van der Waals surface area contributed by atoms with Gasteiger partial charge in [-0.25, -0.2) is 0 Å². The topological polar surface area (TPSA) is 20.3 Å². The molecule has 0 aliphatic carbocycles. The quantitative estimate of drug-likeness (QED) is 0.608. The van der Waals surface area contributed by atoms with Crippen LogP contribution in [-0.2, 0) is 6.54 Å². The highest BCUT2D eigenvalue weighted by Crippen LogP contribution is 2.25. The van der Waals surface area contributed by atoms with Crippen LogP contribution in [0.25, 0.3) is 0 Å². The van der Waals surface area contributed by atoms with E-state index in [0.29, 0.717) is 17.1 Å². The molecule has 0 radical (unpaired) electrons. The second-order valence-electron chi connectivity index (χ2n) is 5.29. The smallest absolute Gasteiger partial charge is 0.260 e. The van der Waals surface area contributed by atoms with Gasteiger partial charge in [0.15, 0.2) is 0 Å². The minimum atomic E-state index is -0.0900. The molecular formula is C19H16ClNOS. The Labute approximate surface area is 145 Å². The maximum atomic E-state index is 13.0. The maximum Gasteiger partial charge on any atom is 0.260 e. The largest absolute Gasteiger partial charge is 0.303 e. The monoisotopic (exact) mass is 341 g/mol. The first-order chi connectivity index (χ1) is 11.1. The molecule has 116 valence electrons. The predicted molar refractivity (Wildman–Crippen MR) is 97.5 cm³/mol. The number of benzene rings is 2. The number of halogens is 1. The minimum Gasteiger partial charge on any atom is -0.303 e. The Kier molecular flexibility index (Phi) is 4.79. The van der Waals surface area contributed by atoms with Crippen molar-refractivity contribution in [3.8, 4) is 0 Å². The zero-order valence-corrected chi connectivity index (χ0v) is 14.3. The van der Waals surface area contributed by atoms with Gasteiger partial charge in [0.25, 0.3) is 5.91 Å². The van der Waals surface area contributed by atoms with Crippen molar-refractivity contribution in [1.82, 2.24) is 0 Å². The number of rotatable bonds is 4. The minimum absolute atomic E-state index is 0.0900. The lowest BCUT2D eigenvalue weighted by Crippen LogP contribution is -2.30. The summed E-state index contributed by atoms with van der Waals surface area (Å²) in [6.07, 6.45) is 0. The molecule has 0 atom stereocenters. The average molecular weight is 342 g/mol. The fourth-order valence-corrected chi connectivity index (χ4v) is 3.25. The Hall–Kier alpha value is -2.10. The van der Waals surface area contributed by atoms with E-state index in [-0.39, 0.29) is 5.91 Å². The van der Waals surface area contributed by atoms with Gasteiger partial charge in [-0.2, -0.15) is 0 Å². The Balaban J connectivity index is 1.99. The molecule has 23 heavy (non-hydrogen) atoms. The Morgan fingerprint density at radius 2 is 1.78 bits per heavy atom. The first-order valence-electron chi connectivity index (χ1n) is 7.30. The van der Waals surface area contributed by atoms with Crippen LogP contribution in [0.4, 0.5) is 5.69 Å². The summed E-state index contributed by atoms with van der Waals surface area (Å²) in [5, 5.41) is 2.49. The summed E-state index contributed by atoms with van der Waals surface area (Å²) in [5.41, 5.74) is 2.55. The molecule has 4 heteroatoms. The highest BCUT2D eigenvalue weighted by molar-refractivity contribution is 7.09. The van der Waals surface area contributed by atoms with Crippen LogP contribution in [0.1, 0.15) is 20.8 Å². The second-order valence-corrected chi connectivity index (χ2v) is 6.73. The molecule has 0 saturated carbocycles. The summed E-state index contributed by atoms with van der Waals surface area (Å²) >= 11 is 7.85. The number of carbonyl (C=O) groups is 1.